The Balaban J connectivity index is 3.08. The predicted octanol–water partition coefficient (Wildman–Crippen LogP) is 2.54. The first-order valence-electron chi connectivity index (χ1n) is 5.65. The van der Waals surface area contributed by atoms with E-state index < -0.39 is 47.5 Å². The van der Waals surface area contributed by atoms with Crippen molar-refractivity contribution >= 4 is 11.8 Å². The average Bonchev–Trinajstić information content (AvgIpc) is 2.11. The van der Waals surface area contributed by atoms with E-state index in [1.165, 1.54) is 20.8 Å². The monoisotopic (exact) mass is 280 g/mol. The summed E-state index contributed by atoms with van der Waals surface area (Å²) in [6.07, 6.45) is -4.98. The molecule has 2 atom stereocenters. The van der Waals surface area contributed by atoms with E-state index in [9.17, 15) is 27.9 Å². The van der Waals surface area contributed by atoms with Crippen molar-refractivity contribution in [3.05, 3.63) is 11.8 Å². The minimum Gasteiger partial charge on any atom is -0.511 e. The third-order valence-corrected chi connectivity index (χ3v) is 2.53. The fraction of sp³-hybridized carbons (Fsp3) is 0.667. The summed E-state index contributed by atoms with van der Waals surface area (Å²) in [5.74, 6) is -7.07. The van der Waals surface area contributed by atoms with Crippen LogP contribution in [0.1, 0.15) is 27.2 Å². The standard InChI is InChI=1S/C12H15F3O4/c1-11(2,3)19-10(18)9-7(12(13,14)15)4-6(16)5-8(9)17/h5,7,9,17H,4H2,1-3H3. The van der Waals surface area contributed by atoms with Crippen LogP contribution >= 0.6 is 0 Å². The second-order valence-electron chi connectivity index (χ2n) is 5.40. The zero-order valence-corrected chi connectivity index (χ0v) is 10.7. The quantitative estimate of drug-likeness (QED) is 0.750. The summed E-state index contributed by atoms with van der Waals surface area (Å²) in [7, 11) is 0. The highest BCUT2D eigenvalue weighted by Gasteiger charge is 2.52. The summed E-state index contributed by atoms with van der Waals surface area (Å²) >= 11 is 0. The number of hydrogen-bond acceptors (Lipinski definition) is 4. The van der Waals surface area contributed by atoms with Crippen LogP contribution in [-0.4, -0.2) is 28.6 Å². The normalized spacial score (nSPS) is 24.9. The maximum atomic E-state index is 12.8. The molecule has 0 aromatic heterocycles. The Hall–Kier alpha value is -1.53. The minimum absolute atomic E-state index is 0.650. The summed E-state index contributed by atoms with van der Waals surface area (Å²) in [6, 6.07) is 0. The molecule has 0 spiro atoms. The van der Waals surface area contributed by atoms with E-state index in [-0.39, 0.29) is 0 Å². The molecule has 4 nitrogen and oxygen atoms in total. The van der Waals surface area contributed by atoms with Crippen molar-refractivity contribution in [1.82, 2.24) is 0 Å². The number of carbonyl (C=O) groups excluding carboxylic acids is 2. The molecule has 108 valence electrons. The van der Waals surface area contributed by atoms with E-state index in [1.807, 2.05) is 0 Å². The molecule has 19 heavy (non-hydrogen) atoms. The topological polar surface area (TPSA) is 63.6 Å². The van der Waals surface area contributed by atoms with Gasteiger partial charge in [-0.1, -0.05) is 0 Å². The number of carbonyl (C=O) groups is 2. The van der Waals surface area contributed by atoms with Gasteiger partial charge in [0, 0.05) is 12.5 Å². The highest BCUT2D eigenvalue weighted by molar-refractivity contribution is 5.93. The zero-order chi connectivity index (χ0) is 15.0. The highest BCUT2D eigenvalue weighted by atomic mass is 19.4. The van der Waals surface area contributed by atoms with Gasteiger partial charge in [-0.25, -0.2) is 0 Å². The molecule has 0 aromatic carbocycles. The Morgan fingerprint density at radius 2 is 1.89 bits per heavy atom. The number of ether oxygens (including phenoxy) is 1. The third-order valence-electron chi connectivity index (χ3n) is 2.53. The third kappa shape index (κ3) is 3.97. The molecule has 0 aliphatic heterocycles. The lowest BCUT2D eigenvalue weighted by Crippen LogP contribution is -2.42. The summed E-state index contributed by atoms with van der Waals surface area (Å²) in [6.45, 7) is 4.51. The van der Waals surface area contributed by atoms with Gasteiger partial charge in [-0.2, -0.15) is 13.2 Å². The van der Waals surface area contributed by atoms with Gasteiger partial charge in [0.25, 0.3) is 0 Å². The molecule has 0 bridgehead atoms. The lowest BCUT2D eigenvalue weighted by atomic mass is 9.81. The summed E-state index contributed by atoms with van der Waals surface area (Å²) in [5.41, 5.74) is -0.977. The van der Waals surface area contributed by atoms with Crippen LogP contribution in [0.3, 0.4) is 0 Å². The minimum atomic E-state index is -4.76. The number of aliphatic hydroxyl groups is 1. The average molecular weight is 280 g/mol. The maximum Gasteiger partial charge on any atom is 0.393 e. The van der Waals surface area contributed by atoms with Gasteiger partial charge in [0.15, 0.2) is 5.78 Å². The summed E-state index contributed by atoms with van der Waals surface area (Å²) < 4.78 is 43.4. The predicted molar refractivity (Wildman–Crippen MR) is 59.2 cm³/mol. The zero-order valence-electron chi connectivity index (χ0n) is 10.7. The van der Waals surface area contributed by atoms with Crippen molar-refractivity contribution in [3.63, 3.8) is 0 Å². The van der Waals surface area contributed by atoms with Crippen molar-refractivity contribution in [3.8, 4) is 0 Å². The van der Waals surface area contributed by atoms with Crippen LogP contribution in [0.15, 0.2) is 11.8 Å². The molecule has 0 radical (unpaired) electrons. The van der Waals surface area contributed by atoms with Crippen molar-refractivity contribution < 1.29 is 32.6 Å². The second kappa shape index (κ2) is 4.86. The molecule has 1 rings (SSSR count). The van der Waals surface area contributed by atoms with Gasteiger partial charge in [0.2, 0.25) is 0 Å². The molecular weight excluding hydrogens is 265 g/mol. The van der Waals surface area contributed by atoms with Crippen molar-refractivity contribution in [2.75, 3.05) is 0 Å². The molecule has 0 aromatic rings. The Bertz CT molecular complexity index is 418. The number of halogens is 3. The Morgan fingerprint density at radius 1 is 1.37 bits per heavy atom. The first kappa shape index (κ1) is 15.5. The molecule has 0 fully saturated rings. The van der Waals surface area contributed by atoms with E-state index in [0.29, 0.717) is 6.08 Å². The fourth-order valence-electron chi connectivity index (χ4n) is 1.81. The van der Waals surface area contributed by atoms with E-state index in [2.05, 4.69) is 0 Å². The van der Waals surface area contributed by atoms with Crippen LogP contribution in [0, 0.1) is 11.8 Å². The van der Waals surface area contributed by atoms with Gasteiger partial charge in [-0.15, -0.1) is 0 Å². The van der Waals surface area contributed by atoms with E-state index >= 15 is 0 Å². The number of rotatable bonds is 1. The van der Waals surface area contributed by atoms with Crippen molar-refractivity contribution in [2.24, 2.45) is 11.8 Å². The van der Waals surface area contributed by atoms with Gasteiger partial charge in [0.05, 0.1) is 5.92 Å². The lowest BCUT2D eigenvalue weighted by molar-refractivity contribution is -0.204. The van der Waals surface area contributed by atoms with Crippen LogP contribution in [-0.2, 0) is 14.3 Å². The Morgan fingerprint density at radius 3 is 2.32 bits per heavy atom. The molecule has 0 saturated carbocycles. The van der Waals surface area contributed by atoms with Crippen LogP contribution in [0.2, 0.25) is 0 Å². The van der Waals surface area contributed by atoms with Crippen LogP contribution in [0.4, 0.5) is 13.2 Å². The van der Waals surface area contributed by atoms with E-state index in [0.717, 1.165) is 0 Å². The molecule has 7 heteroatoms. The van der Waals surface area contributed by atoms with Gasteiger partial charge in [0.1, 0.15) is 17.3 Å². The highest BCUT2D eigenvalue weighted by Crippen LogP contribution is 2.41. The molecule has 0 amide bonds. The van der Waals surface area contributed by atoms with E-state index in [4.69, 9.17) is 4.74 Å². The van der Waals surface area contributed by atoms with Crippen molar-refractivity contribution in [1.29, 1.82) is 0 Å². The van der Waals surface area contributed by atoms with Gasteiger partial charge in [-0.05, 0) is 20.8 Å². The number of allylic oxidation sites excluding steroid dienone is 1. The lowest BCUT2D eigenvalue weighted by Gasteiger charge is -2.31. The number of esters is 1. The smallest absolute Gasteiger partial charge is 0.393 e. The van der Waals surface area contributed by atoms with Gasteiger partial charge in [-0.3, -0.25) is 9.59 Å². The van der Waals surface area contributed by atoms with Crippen LogP contribution in [0.25, 0.3) is 0 Å². The number of hydrogen-bond donors (Lipinski definition) is 1. The summed E-state index contributed by atoms with van der Waals surface area (Å²) in [5, 5.41) is 9.48. The SMILES string of the molecule is CC(C)(C)OC(=O)C1C(O)=CC(=O)CC1C(F)(F)F. The molecule has 1 N–H and O–H groups in total. The molecule has 2 unspecified atom stereocenters. The first-order valence-corrected chi connectivity index (χ1v) is 5.65. The number of alkyl halides is 3. The van der Waals surface area contributed by atoms with Crippen molar-refractivity contribution in [2.45, 2.75) is 39.0 Å². The Kier molecular flexibility index (Phi) is 3.97. The van der Waals surface area contributed by atoms with Crippen LogP contribution < -0.4 is 0 Å². The maximum absolute atomic E-state index is 12.8. The number of ketones is 1. The van der Waals surface area contributed by atoms with Crippen LogP contribution in [0.5, 0.6) is 0 Å². The fourth-order valence-corrected chi connectivity index (χ4v) is 1.81. The Labute approximate surface area is 108 Å². The van der Waals surface area contributed by atoms with E-state index in [1.54, 1.807) is 0 Å². The molecule has 0 heterocycles. The largest absolute Gasteiger partial charge is 0.511 e. The number of aliphatic hydroxyl groups excluding tert-OH is 1. The van der Waals surface area contributed by atoms with Gasteiger partial charge >= 0.3 is 12.1 Å². The molecule has 0 saturated heterocycles. The molecule has 1 aliphatic carbocycles. The molecular formula is C12H15F3O4. The first-order chi connectivity index (χ1) is 8.42. The van der Waals surface area contributed by atoms with Gasteiger partial charge < -0.3 is 9.84 Å². The summed E-state index contributed by atoms with van der Waals surface area (Å²) in [4.78, 5) is 22.8. The second-order valence-corrected chi connectivity index (χ2v) is 5.40. The molecule has 1 aliphatic rings.